The normalized spacial score (nSPS) is 28.9. The molecule has 0 spiro atoms. The van der Waals surface area contributed by atoms with Crippen molar-refractivity contribution in [1.29, 1.82) is 0 Å². The molecule has 1 aromatic rings. The molecule has 5 nitrogen and oxygen atoms in total. The van der Waals surface area contributed by atoms with Gasteiger partial charge < -0.3 is 10.5 Å². The second-order valence-corrected chi connectivity index (χ2v) is 7.27. The van der Waals surface area contributed by atoms with Crippen LogP contribution in [0, 0.1) is 0 Å². The van der Waals surface area contributed by atoms with Gasteiger partial charge in [-0.05, 0) is 43.4 Å². The summed E-state index contributed by atoms with van der Waals surface area (Å²) in [7, 11) is -3.52. The minimum absolute atomic E-state index is 0.0297. The molecule has 2 aliphatic rings. The number of benzene rings is 1. The fourth-order valence-corrected chi connectivity index (χ4v) is 4.40. The molecule has 20 heavy (non-hydrogen) atoms. The van der Waals surface area contributed by atoms with Crippen LogP contribution in [0.25, 0.3) is 0 Å². The number of ether oxygens (including phenoxy) is 1. The van der Waals surface area contributed by atoms with Crippen LogP contribution >= 0.6 is 0 Å². The van der Waals surface area contributed by atoms with E-state index in [0.717, 1.165) is 31.2 Å². The topological polar surface area (TPSA) is 81.4 Å². The van der Waals surface area contributed by atoms with Gasteiger partial charge in [0.15, 0.2) is 0 Å². The quantitative estimate of drug-likeness (QED) is 0.824. The van der Waals surface area contributed by atoms with E-state index < -0.39 is 10.0 Å². The first kappa shape index (κ1) is 13.9. The van der Waals surface area contributed by atoms with Gasteiger partial charge in [-0.1, -0.05) is 13.0 Å². The first-order valence-corrected chi connectivity index (χ1v) is 8.54. The van der Waals surface area contributed by atoms with Crippen LogP contribution in [0.2, 0.25) is 0 Å². The van der Waals surface area contributed by atoms with Crippen molar-refractivity contribution in [1.82, 2.24) is 4.72 Å². The number of nitrogens with one attached hydrogen (secondary N) is 1. The summed E-state index contributed by atoms with van der Waals surface area (Å²) in [5.74, 6) is 0. The van der Waals surface area contributed by atoms with E-state index in [0.29, 0.717) is 5.69 Å². The molecule has 2 saturated heterocycles. The summed E-state index contributed by atoms with van der Waals surface area (Å²) < 4.78 is 33.2. The molecule has 3 rings (SSSR count). The predicted molar refractivity (Wildman–Crippen MR) is 76.9 cm³/mol. The molecule has 0 amide bonds. The Kier molecular flexibility index (Phi) is 3.48. The highest BCUT2D eigenvalue weighted by Crippen LogP contribution is 2.35. The molecule has 2 heterocycles. The fraction of sp³-hybridized carbons (Fsp3) is 0.571. The fourth-order valence-electron chi connectivity index (χ4n) is 3.09. The molecule has 1 aromatic carbocycles. The maximum Gasteiger partial charge on any atom is 0.240 e. The zero-order valence-electron chi connectivity index (χ0n) is 11.5. The summed E-state index contributed by atoms with van der Waals surface area (Å²) in [6.07, 6.45) is 3.80. The predicted octanol–water partition coefficient (Wildman–Crippen LogP) is 1.43. The lowest BCUT2D eigenvalue weighted by molar-refractivity contribution is 0.0996. The Morgan fingerprint density at radius 1 is 1.40 bits per heavy atom. The second-order valence-electron chi connectivity index (χ2n) is 5.55. The van der Waals surface area contributed by atoms with E-state index in [1.54, 1.807) is 12.1 Å². The van der Waals surface area contributed by atoms with Crippen molar-refractivity contribution in [2.24, 2.45) is 0 Å². The third kappa shape index (κ3) is 2.43. The number of hydrogen-bond donors (Lipinski definition) is 2. The summed E-state index contributed by atoms with van der Waals surface area (Å²) in [5.41, 5.74) is 7.37. The van der Waals surface area contributed by atoms with Gasteiger partial charge in [-0.25, -0.2) is 13.1 Å². The maximum atomic E-state index is 12.4. The van der Waals surface area contributed by atoms with E-state index in [9.17, 15) is 8.42 Å². The summed E-state index contributed by atoms with van der Waals surface area (Å²) in [5, 5.41) is 0. The van der Waals surface area contributed by atoms with Crippen molar-refractivity contribution in [3.8, 4) is 0 Å². The Morgan fingerprint density at radius 3 is 2.75 bits per heavy atom. The average molecular weight is 296 g/mol. The van der Waals surface area contributed by atoms with Crippen molar-refractivity contribution in [2.75, 3.05) is 5.73 Å². The SMILES string of the molecule is CCc1ccc(S(=O)(=O)NC2CC3CCC2O3)cc1N. The Bertz CT molecular complexity index is 615. The first-order chi connectivity index (χ1) is 9.49. The lowest BCUT2D eigenvalue weighted by atomic mass is 9.96. The molecule has 2 bridgehead atoms. The van der Waals surface area contributed by atoms with Gasteiger partial charge in [-0.2, -0.15) is 0 Å². The molecule has 3 atom stereocenters. The van der Waals surface area contributed by atoms with Gasteiger partial charge in [0.05, 0.1) is 23.1 Å². The van der Waals surface area contributed by atoms with Gasteiger partial charge in [0.2, 0.25) is 10.0 Å². The summed E-state index contributed by atoms with van der Waals surface area (Å²) in [6.45, 7) is 1.99. The van der Waals surface area contributed by atoms with Gasteiger partial charge in [0.1, 0.15) is 0 Å². The third-order valence-electron chi connectivity index (χ3n) is 4.22. The average Bonchev–Trinajstić information content (AvgIpc) is 3.00. The van der Waals surface area contributed by atoms with Crippen LogP contribution in [-0.4, -0.2) is 26.7 Å². The molecule has 0 aromatic heterocycles. The van der Waals surface area contributed by atoms with Crippen molar-refractivity contribution in [3.63, 3.8) is 0 Å². The number of rotatable bonds is 4. The lowest BCUT2D eigenvalue weighted by Crippen LogP contribution is -2.41. The highest BCUT2D eigenvalue weighted by Gasteiger charge is 2.42. The molecular weight excluding hydrogens is 276 g/mol. The highest BCUT2D eigenvalue weighted by atomic mass is 32.2. The number of hydrogen-bond acceptors (Lipinski definition) is 4. The van der Waals surface area contributed by atoms with Gasteiger partial charge in [0, 0.05) is 5.69 Å². The summed E-state index contributed by atoms with van der Waals surface area (Å²) in [6, 6.07) is 4.83. The first-order valence-electron chi connectivity index (χ1n) is 7.06. The van der Waals surface area contributed by atoms with Crippen LogP contribution in [0.3, 0.4) is 0 Å². The van der Waals surface area contributed by atoms with E-state index in [-0.39, 0.29) is 23.1 Å². The summed E-state index contributed by atoms with van der Waals surface area (Å²) in [4.78, 5) is 0.231. The second kappa shape index (κ2) is 5.02. The van der Waals surface area contributed by atoms with Crippen molar-refractivity contribution < 1.29 is 13.2 Å². The molecule has 3 unspecified atom stereocenters. The van der Waals surface area contributed by atoms with Crippen molar-refractivity contribution in [3.05, 3.63) is 23.8 Å². The van der Waals surface area contributed by atoms with Crippen LogP contribution in [0.5, 0.6) is 0 Å². The molecule has 0 saturated carbocycles. The zero-order chi connectivity index (χ0) is 14.3. The Balaban J connectivity index is 1.79. The van der Waals surface area contributed by atoms with Crippen molar-refractivity contribution >= 4 is 15.7 Å². The molecule has 110 valence electrons. The van der Waals surface area contributed by atoms with E-state index in [1.165, 1.54) is 6.07 Å². The standard InChI is InChI=1S/C14H20N2O3S/c1-2-9-3-5-11(8-12(9)15)20(17,18)16-13-7-10-4-6-14(13)19-10/h3,5,8,10,13-14,16H,2,4,6-7,15H2,1H3. The van der Waals surface area contributed by atoms with Crippen LogP contribution in [-0.2, 0) is 21.2 Å². The highest BCUT2D eigenvalue weighted by molar-refractivity contribution is 7.89. The molecule has 6 heteroatoms. The largest absolute Gasteiger partial charge is 0.398 e. The number of sulfonamides is 1. The Labute approximate surface area is 119 Å². The monoisotopic (exact) mass is 296 g/mol. The Hall–Kier alpha value is -1.11. The zero-order valence-corrected chi connectivity index (χ0v) is 12.3. The molecule has 3 N–H and O–H groups in total. The smallest absolute Gasteiger partial charge is 0.240 e. The van der Waals surface area contributed by atoms with E-state index >= 15 is 0 Å². The van der Waals surface area contributed by atoms with Crippen LogP contribution in [0.4, 0.5) is 5.69 Å². The molecule has 0 aliphatic carbocycles. The maximum absolute atomic E-state index is 12.4. The van der Waals surface area contributed by atoms with Crippen LogP contribution in [0.15, 0.2) is 23.1 Å². The minimum atomic E-state index is -3.52. The minimum Gasteiger partial charge on any atom is -0.398 e. The number of anilines is 1. The van der Waals surface area contributed by atoms with Gasteiger partial charge in [-0.15, -0.1) is 0 Å². The summed E-state index contributed by atoms with van der Waals surface area (Å²) >= 11 is 0. The number of aryl methyl sites for hydroxylation is 1. The number of nitrogens with two attached hydrogens (primary N) is 1. The van der Waals surface area contributed by atoms with Gasteiger partial charge >= 0.3 is 0 Å². The van der Waals surface area contributed by atoms with E-state index in [4.69, 9.17) is 10.5 Å². The van der Waals surface area contributed by atoms with E-state index in [2.05, 4.69) is 4.72 Å². The van der Waals surface area contributed by atoms with Gasteiger partial charge in [-0.3, -0.25) is 0 Å². The number of nitrogen functional groups attached to an aromatic ring is 1. The van der Waals surface area contributed by atoms with Crippen molar-refractivity contribution in [2.45, 2.75) is 55.8 Å². The van der Waals surface area contributed by atoms with Crippen LogP contribution < -0.4 is 10.5 Å². The molecule has 2 fully saturated rings. The Morgan fingerprint density at radius 2 is 2.20 bits per heavy atom. The lowest BCUT2D eigenvalue weighted by Gasteiger charge is -2.20. The van der Waals surface area contributed by atoms with Gasteiger partial charge in [0.25, 0.3) is 0 Å². The van der Waals surface area contributed by atoms with E-state index in [1.807, 2.05) is 6.92 Å². The molecule has 0 radical (unpaired) electrons. The molecule has 2 aliphatic heterocycles. The molecular formula is C14H20N2O3S. The number of fused-ring (bicyclic) bond motifs is 2. The van der Waals surface area contributed by atoms with Crippen LogP contribution in [0.1, 0.15) is 31.7 Å². The third-order valence-corrected chi connectivity index (χ3v) is 5.71.